The molecule has 0 spiro atoms. The lowest BCUT2D eigenvalue weighted by molar-refractivity contribution is -0.126. The van der Waals surface area contributed by atoms with Gasteiger partial charge in [0, 0.05) is 12.5 Å². The van der Waals surface area contributed by atoms with Gasteiger partial charge in [-0.25, -0.2) is 0 Å². The highest BCUT2D eigenvalue weighted by molar-refractivity contribution is 5.78. The Labute approximate surface area is 84.5 Å². The molecule has 0 unspecified atom stereocenters. The number of carbonyl (C=O) groups excluding carboxylic acids is 1. The van der Waals surface area contributed by atoms with E-state index in [0.717, 1.165) is 12.8 Å². The second-order valence-electron chi connectivity index (χ2n) is 3.94. The monoisotopic (exact) mass is 195 g/mol. The summed E-state index contributed by atoms with van der Waals surface area (Å²) in [6, 6.07) is 2.12. The number of hydrogen-bond donors (Lipinski definition) is 2. The number of nitrogens with two attached hydrogens (primary N) is 1. The number of nitriles is 1. The summed E-state index contributed by atoms with van der Waals surface area (Å²) in [7, 11) is 0. The quantitative estimate of drug-likeness (QED) is 0.674. The maximum atomic E-state index is 11.5. The van der Waals surface area contributed by atoms with E-state index in [9.17, 15) is 4.79 Å². The van der Waals surface area contributed by atoms with Gasteiger partial charge in [0.1, 0.15) is 5.54 Å². The molecule has 14 heavy (non-hydrogen) atoms. The number of hydrogen-bond acceptors (Lipinski definition) is 3. The van der Waals surface area contributed by atoms with Crippen LogP contribution in [0.15, 0.2) is 0 Å². The Bertz CT molecular complexity index is 249. The standard InChI is InChI=1S/C10H17N3O/c1-2-13-9(14)8-3-5-10(12,7-11)6-4-8/h8H,2-6,12H2,1H3,(H,13,14). The van der Waals surface area contributed by atoms with Crippen LogP contribution in [0.2, 0.25) is 0 Å². The predicted molar refractivity (Wildman–Crippen MR) is 53.2 cm³/mol. The average molecular weight is 195 g/mol. The Hall–Kier alpha value is -1.08. The van der Waals surface area contributed by atoms with E-state index < -0.39 is 5.54 Å². The first-order chi connectivity index (χ1) is 6.61. The summed E-state index contributed by atoms with van der Waals surface area (Å²) in [6.45, 7) is 2.57. The first-order valence-corrected chi connectivity index (χ1v) is 5.09. The maximum Gasteiger partial charge on any atom is 0.223 e. The largest absolute Gasteiger partial charge is 0.356 e. The van der Waals surface area contributed by atoms with Gasteiger partial charge in [0.05, 0.1) is 6.07 Å². The fourth-order valence-corrected chi connectivity index (χ4v) is 1.83. The van der Waals surface area contributed by atoms with E-state index in [1.807, 2.05) is 6.92 Å². The van der Waals surface area contributed by atoms with Gasteiger partial charge in [0.15, 0.2) is 0 Å². The van der Waals surface area contributed by atoms with E-state index in [0.29, 0.717) is 19.4 Å². The summed E-state index contributed by atoms with van der Waals surface area (Å²) in [6.07, 6.45) is 2.72. The van der Waals surface area contributed by atoms with E-state index in [1.165, 1.54) is 0 Å². The van der Waals surface area contributed by atoms with Gasteiger partial charge in [-0.1, -0.05) is 0 Å². The fourth-order valence-electron chi connectivity index (χ4n) is 1.83. The molecular formula is C10H17N3O. The van der Waals surface area contributed by atoms with Crippen LogP contribution in [0.25, 0.3) is 0 Å². The highest BCUT2D eigenvalue weighted by Crippen LogP contribution is 2.29. The van der Waals surface area contributed by atoms with Gasteiger partial charge in [-0.3, -0.25) is 4.79 Å². The molecule has 1 aliphatic carbocycles. The zero-order valence-corrected chi connectivity index (χ0v) is 8.55. The molecule has 0 aliphatic heterocycles. The van der Waals surface area contributed by atoms with Gasteiger partial charge in [-0.2, -0.15) is 5.26 Å². The van der Waals surface area contributed by atoms with E-state index in [2.05, 4.69) is 11.4 Å². The normalized spacial score (nSPS) is 31.9. The molecule has 0 heterocycles. The minimum absolute atomic E-state index is 0.0555. The van der Waals surface area contributed by atoms with Crippen LogP contribution in [0, 0.1) is 17.2 Å². The number of rotatable bonds is 2. The first-order valence-electron chi connectivity index (χ1n) is 5.09. The van der Waals surface area contributed by atoms with Crippen LogP contribution >= 0.6 is 0 Å². The number of carbonyl (C=O) groups is 1. The third-order valence-electron chi connectivity index (χ3n) is 2.82. The molecule has 1 rings (SSSR count). The zero-order valence-electron chi connectivity index (χ0n) is 8.55. The molecule has 78 valence electrons. The molecule has 0 aromatic heterocycles. The summed E-state index contributed by atoms with van der Waals surface area (Å²) >= 11 is 0. The van der Waals surface area contributed by atoms with Crippen molar-refractivity contribution in [3.05, 3.63) is 0 Å². The highest BCUT2D eigenvalue weighted by atomic mass is 16.1. The molecule has 0 saturated heterocycles. The van der Waals surface area contributed by atoms with Crippen molar-refractivity contribution in [3.63, 3.8) is 0 Å². The molecule has 1 aliphatic rings. The summed E-state index contributed by atoms with van der Waals surface area (Å²) < 4.78 is 0. The van der Waals surface area contributed by atoms with Crippen molar-refractivity contribution in [2.75, 3.05) is 6.54 Å². The third kappa shape index (κ3) is 2.46. The summed E-state index contributed by atoms with van der Waals surface area (Å²) in [5, 5.41) is 11.6. The van der Waals surface area contributed by atoms with Crippen molar-refractivity contribution in [1.82, 2.24) is 5.32 Å². The summed E-state index contributed by atoms with van der Waals surface area (Å²) in [5.74, 6) is 0.160. The van der Waals surface area contributed by atoms with E-state index in [4.69, 9.17) is 11.0 Å². The van der Waals surface area contributed by atoms with Gasteiger partial charge in [0.2, 0.25) is 5.91 Å². The second-order valence-corrected chi connectivity index (χ2v) is 3.94. The minimum atomic E-state index is -0.691. The SMILES string of the molecule is CCNC(=O)C1CCC(N)(C#N)CC1. The zero-order chi connectivity index (χ0) is 10.6. The Balaban J connectivity index is 2.44. The van der Waals surface area contributed by atoms with Crippen molar-refractivity contribution in [2.45, 2.75) is 38.1 Å². The molecule has 0 aromatic carbocycles. The Morgan fingerprint density at radius 1 is 1.64 bits per heavy atom. The van der Waals surface area contributed by atoms with Crippen LogP contribution < -0.4 is 11.1 Å². The Kier molecular flexibility index (Phi) is 3.48. The fraction of sp³-hybridized carbons (Fsp3) is 0.800. The van der Waals surface area contributed by atoms with Crippen molar-refractivity contribution < 1.29 is 4.79 Å². The number of amides is 1. The van der Waals surface area contributed by atoms with Crippen LogP contribution in [0.3, 0.4) is 0 Å². The molecule has 1 amide bonds. The molecule has 0 radical (unpaired) electrons. The number of nitrogens with zero attached hydrogens (tertiary/aromatic N) is 1. The Morgan fingerprint density at radius 3 is 2.64 bits per heavy atom. The van der Waals surface area contributed by atoms with E-state index >= 15 is 0 Å². The van der Waals surface area contributed by atoms with E-state index in [-0.39, 0.29) is 11.8 Å². The lowest BCUT2D eigenvalue weighted by Gasteiger charge is -2.30. The molecule has 1 fully saturated rings. The van der Waals surface area contributed by atoms with Crippen molar-refractivity contribution in [2.24, 2.45) is 11.7 Å². The minimum Gasteiger partial charge on any atom is -0.356 e. The van der Waals surface area contributed by atoms with Crippen LogP contribution in [0.5, 0.6) is 0 Å². The molecule has 4 heteroatoms. The van der Waals surface area contributed by atoms with Crippen molar-refractivity contribution in [1.29, 1.82) is 5.26 Å². The average Bonchev–Trinajstić information content (AvgIpc) is 2.19. The molecular weight excluding hydrogens is 178 g/mol. The number of nitrogens with one attached hydrogen (secondary N) is 1. The highest BCUT2D eigenvalue weighted by Gasteiger charge is 2.34. The molecule has 4 nitrogen and oxygen atoms in total. The smallest absolute Gasteiger partial charge is 0.223 e. The van der Waals surface area contributed by atoms with Gasteiger partial charge in [-0.15, -0.1) is 0 Å². The van der Waals surface area contributed by atoms with Crippen molar-refractivity contribution in [3.8, 4) is 6.07 Å². The topological polar surface area (TPSA) is 78.9 Å². The molecule has 0 atom stereocenters. The lowest BCUT2D eigenvalue weighted by atomic mass is 9.77. The first kappa shape index (κ1) is 11.0. The van der Waals surface area contributed by atoms with Crippen LogP contribution in [0.1, 0.15) is 32.6 Å². The van der Waals surface area contributed by atoms with Crippen LogP contribution in [0.4, 0.5) is 0 Å². The van der Waals surface area contributed by atoms with Crippen LogP contribution in [-0.2, 0) is 4.79 Å². The molecule has 0 bridgehead atoms. The van der Waals surface area contributed by atoms with Crippen molar-refractivity contribution >= 4 is 5.91 Å². The lowest BCUT2D eigenvalue weighted by Crippen LogP contribution is -2.44. The molecule has 1 saturated carbocycles. The second kappa shape index (κ2) is 4.43. The van der Waals surface area contributed by atoms with E-state index in [1.54, 1.807) is 0 Å². The molecule has 3 N–H and O–H groups in total. The van der Waals surface area contributed by atoms with Gasteiger partial charge in [0.25, 0.3) is 0 Å². The summed E-state index contributed by atoms with van der Waals surface area (Å²) in [4.78, 5) is 11.5. The summed E-state index contributed by atoms with van der Waals surface area (Å²) in [5.41, 5.74) is 5.11. The van der Waals surface area contributed by atoms with Gasteiger partial charge < -0.3 is 11.1 Å². The van der Waals surface area contributed by atoms with Gasteiger partial charge in [-0.05, 0) is 32.6 Å². The third-order valence-corrected chi connectivity index (χ3v) is 2.82. The molecule has 0 aromatic rings. The van der Waals surface area contributed by atoms with Crippen LogP contribution in [-0.4, -0.2) is 18.0 Å². The van der Waals surface area contributed by atoms with Gasteiger partial charge >= 0.3 is 0 Å². The maximum absolute atomic E-state index is 11.5. The predicted octanol–water partition coefficient (Wildman–Crippen LogP) is 0.534. The Morgan fingerprint density at radius 2 is 2.21 bits per heavy atom.